The largest absolute Gasteiger partial charge is 0.271 e. The molecule has 1 fully saturated rings. The number of nitrogens with two attached hydrogens (primary N) is 1. The maximum absolute atomic E-state index is 6.20. The maximum Gasteiger partial charge on any atom is 0.0624 e. The van der Waals surface area contributed by atoms with Crippen LogP contribution in [0.4, 0.5) is 0 Å². The van der Waals surface area contributed by atoms with Crippen LogP contribution in [0.5, 0.6) is 0 Å². The van der Waals surface area contributed by atoms with E-state index in [4.69, 9.17) is 29.0 Å². The molecule has 1 aliphatic rings. The van der Waals surface area contributed by atoms with Gasteiger partial charge in [0.05, 0.1) is 10.0 Å². The number of hydrazine groups is 1. The molecule has 17 heavy (non-hydrogen) atoms. The summed E-state index contributed by atoms with van der Waals surface area (Å²) >= 11 is 12.2. The zero-order chi connectivity index (χ0) is 12.3. The number of rotatable bonds is 4. The third-order valence-corrected chi connectivity index (χ3v) is 4.51. The first-order valence-corrected chi connectivity index (χ1v) is 6.87. The van der Waals surface area contributed by atoms with Crippen molar-refractivity contribution in [2.24, 2.45) is 11.8 Å². The van der Waals surface area contributed by atoms with Crippen molar-refractivity contribution in [3.05, 3.63) is 33.8 Å². The van der Waals surface area contributed by atoms with Gasteiger partial charge in [-0.05, 0) is 36.8 Å². The molecule has 1 aliphatic carbocycles. The Morgan fingerprint density at radius 1 is 1.29 bits per heavy atom. The van der Waals surface area contributed by atoms with Gasteiger partial charge in [0, 0.05) is 6.04 Å². The molecule has 0 heterocycles. The molecule has 0 amide bonds. The molecule has 2 nitrogen and oxygen atoms in total. The molecule has 0 aliphatic heterocycles. The van der Waals surface area contributed by atoms with Crippen LogP contribution in [0.1, 0.15) is 31.2 Å². The Morgan fingerprint density at radius 2 is 2.00 bits per heavy atom. The Kier molecular flexibility index (Phi) is 4.69. The van der Waals surface area contributed by atoms with Crippen LogP contribution in [-0.2, 0) is 6.42 Å². The zero-order valence-electron chi connectivity index (χ0n) is 9.76. The normalized spacial score (nSPS) is 18.5. The Bertz CT molecular complexity index is 376. The molecule has 1 saturated carbocycles. The Labute approximate surface area is 112 Å². The van der Waals surface area contributed by atoms with Gasteiger partial charge < -0.3 is 0 Å². The molecule has 94 valence electrons. The summed E-state index contributed by atoms with van der Waals surface area (Å²) in [5, 5.41) is 1.28. The lowest BCUT2D eigenvalue weighted by atomic mass is 9.93. The van der Waals surface area contributed by atoms with Crippen molar-refractivity contribution < 1.29 is 0 Å². The first-order chi connectivity index (χ1) is 8.22. The van der Waals surface area contributed by atoms with Crippen LogP contribution in [0.15, 0.2) is 18.2 Å². The number of hydrogen-bond donors (Lipinski definition) is 2. The second-order valence-corrected chi connectivity index (χ2v) is 5.52. The molecule has 1 aromatic carbocycles. The second-order valence-electron chi connectivity index (χ2n) is 4.73. The first kappa shape index (κ1) is 13.2. The van der Waals surface area contributed by atoms with Gasteiger partial charge in [-0.1, -0.05) is 48.2 Å². The summed E-state index contributed by atoms with van der Waals surface area (Å²) in [6, 6.07) is 6.07. The minimum absolute atomic E-state index is 0.300. The van der Waals surface area contributed by atoms with Crippen molar-refractivity contribution in [3.8, 4) is 0 Å². The lowest BCUT2D eigenvalue weighted by Crippen LogP contribution is -2.41. The second kappa shape index (κ2) is 6.05. The fourth-order valence-electron chi connectivity index (χ4n) is 2.66. The molecule has 0 radical (unpaired) electrons. The van der Waals surface area contributed by atoms with Gasteiger partial charge in [-0.25, -0.2) is 0 Å². The van der Waals surface area contributed by atoms with Crippen molar-refractivity contribution in [1.82, 2.24) is 5.43 Å². The van der Waals surface area contributed by atoms with Crippen molar-refractivity contribution in [1.29, 1.82) is 0 Å². The van der Waals surface area contributed by atoms with Crippen molar-refractivity contribution >= 4 is 23.2 Å². The van der Waals surface area contributed by atoms with Gasteiger partial charge in [0.15, 0.2) is 0 Å². The monoisotopic (exact) mass is 272 g/mol. The minimum atomic E-state index is 0.300. The molecule has 0 aromatic heterocycles. The Balaban J connectivity index is 2.09. The lowest BCUT2D eigenvalue weighted by Gasteiger charge is -2.23. The highest BCUT2D eigenvalue weighted by molar-refractivity contribution is 6.42. The van der Waals surface area contributed by atoms with Gasteiger partial charge in [-0.3, -0.25) is 11.3 Å². The van der Waals surface area contributed by atoms with E-state index in [1.54, 1.807) is 0 Å². The van der Waals surface area contributed by atoms with E-state index in [0.29, 0.717) is 22.0 Å². The first-order valence-electron chi connectivity index (χ1n) is 6.11. The average Bonchev–Trinajstić information content (AvgIpc) is 2.85. The van der Waals surface area contributed by atoms with Crippen LogP contribution < -0.4 is 11.3 Å². The zero-order valence-corrected chi connectivity index (χ0v) is 11.3. The predicted molar refractivity (Wildman–Crippen MR) is 73.2 cm³/mol. The van der Waals surface area contributed by atoms with Gasteiger partial charge in [0.2, 0.25) is 0 Å². The van der Waals surface area contributed by atoms with Crippen LogP contribution >= 0.6 is 23.2 Å². The smallest absolute Gasteiger partial charge is 0.0624 e. The fourth-order valence-corrected chi connectivity index (χ4v) is 3.06. The average molecular weight is 273 g/mol. The lowest BCUT2D eigenvalue weighted by molar-refractivity contribution is 0.361. The quantitative estimate of drug-likeness (QED) is 0.650. The highest BCUT2D eigenvalue weighted by Crippen LogP contribution is 2.32. The van der Waals surface area contributed by atoms with Crippen LogP contribution in [0.3, 0.4) is 0 Å². The van der Waals surface area contributed by atoms with Crippen molar-refractivity contribution in [2.75, 3.05) is 0 Å². The maximum atomic E-state index is 6.20. The minimum Gasteiger partial charge on any atom is -0.271 e. The van der Waals surface area contributed by atoms with Crippen LogP contribution in [0.25, 0.3) is 0 Å². The Hall–Kier alpha value is -0.280. The van der Waals surface area contributed by atoms with Crippen LogP contribution in [0, 0.1) is 5.92 Å². The van der Waals surface area contributed by atoms with Crippen LogP contribution in [0.2, 0.25) is 10.0 Å². The molecule has 3 N–H and O–H groups in total. The molecule has 0 bridgehead atoms. The number of halogens is 2. The summed E-state index contributed by atoms with van der Waals surface area (Å²) in [6.45, 7) is 0. The number of hydrogen-bond acceptors (Lipinski definition) is 2. The molecule has 2 rings (SSSR count). The molecule has 1 aromatic rings. The van der Waals surface area contributed by atoms with Gasteiger partial charge in [0.1, 0.15) is 0 Å². The summed E-state index contributed by atoms with van der Waals surface area (Å²) < 4.78 is 0. The number of benzene rings is 1. The summed E-state index contributed by atoms with van der Waals surface area (Å²) in [4.78, 5) is 0. The van der Waals surface area contributed by atoms with Gasteiger partial charge in [0.25, 0.3) is 0 Å². The molecule has 1 atom stereocenters. The third kappa shape index (κ3) is 3.14. The molecule has 0 spiro atoms. The summed E-state index contributed by atoms with van der Waals surface area (Å²) in [6.07, 6.45) is 5.99. The molecular weight excluding hydrogens is 255 g/mol. The van der Waals surface area contributed by atoms with Crippen LogP contribution in [-0.4, -0.2) is 6.04 Å². The third-order valence-electron chi connectivity index (χ3n) is 3.65. The van der Waals surface area contributed by atoms with E-state index in [2.05, 4.69) is 5.43 Å². The van der Waals surface area contributed by atoms with E-state index in [1.165, 1.54) is 25.7 Å². The highest BCUT2D eigenvalue weighted by atomic mass is 35.5. The van der Waals surface area contributed by atoms with E-state index >= 15 is 0 Å². The summed E-state index contributed by atoms with van der Waals surface area (Å²) in [5.41, 5.74) is 4.02. The fraction of sp³-hybridized carbons (Fsp3) is 0.538. The SMILES string of the molecule is NNC(Cc1cccc(Cl)c1Cl)C1CCCC1. The Morgan fingerprint density at radius 3 is 2.65 bits per heavy atom. The van der Waals surface area contributed by atoms with Gasteiger partial charge in [-0.15, -0.1) is 0 Å². The van der Waals surface area contributed by atoms with Gasteiger partial charge >= 0.3 is 0 Å². The van der Waals surface area contributed by atoms with E-state index in [0.717, 1.165) is 12.0 Å². The van der Waals surface area contributed by atoms with E-state index < -0.39 is 0 Å². The molecule has 4 heteroatoms. The topological polar surface area (TPSA) is 38.0 Å². The standard InChI is InChI=1S/C13H18Cl2N2/c14-11-7-3-6-10(13(11)15)8-12(17-16)9-4-1-2-5-9/h3,6-7,9,12,17H,1-2,4-5,8,16H2. The molecule has 0 saturated heterocycles. The van der Waals surface area contributed by atoms with E-state index in [9.17, 15) is 0 Å². The number of nitrogens with one attached hydrogen (secondary N) is 1. The summed E-state index contributed by atoms with van der Waals surface area (Å²) in [7, 11) is 0. The van der Waals surface area contributed by atoms with Crippen molar-refractivity contribution in [3.63, 3.8) is 0 Å². The van der Waals surface area contributed by atoms with Crippen molar-refractivity contribution in [2.45, 2.75) is 38.1 Å². The van der Waals surface area contributed by atoms with E-state index in [-0.39, 0.29) is 0 Å². The molecular formula is C13H18Cl2N2. The van der Waals surface area contributed by atoms with Gasteiger partial charge in [-0.2, -0.15) is 0 Å². The predicted octanol–water partition coefficient (Wildman–Crippen LogP) is 3.56. The summed E-state index contributed by atoms with van der Waals surface area (Å²) in [5.74, 6) is 6.32. The molecule has 1 unspecified atom stereocenters. The highest BCUT2D eigenvalue weighted by Gasteiger charge is 2.25. The van der Waals surface area contributed by atoms with E-state index in [1.807, 2.05) is 18.2 Å².